The van der Waals surface area contributed by atoms with Crippen LogP contribution in [0.25, 0.3) is 0 Å². The van der Waals surface area contributed by atoms with Crippen LogP contribution in [0.3, 0.4) is 0 Å². The Kier molecular flexibility index (Phi) is 3.62. The first-order valence-corrected chi connectivity index (χ1v) is 4.54. The van der Waals surface area contributed by atoms with Gasteiger partial charge in [0.05, 0.1) is 5.76 Å². The van der Waals surface area contributed by atoms with Gasteiger partial charge in [0.25, 0.3) is 0 Å². The van der Waals surface area contributed by atoms with Gasteiger partial charge >= 0.3 is 0 Å². The molecule has 0 heterocycles. The summed E-state index contributed by atoms with van der Waals surface area (Å²) >= 11 is 0. The van der Waals surface area contributed by atoms with Crippen molar-refractivity contribution in [3.63, 3.8) is 0 Å². The van der Waals surface area contributed by atoms with E-state index in [1.807, 2.05) is 26.0 Å². The summed E-state index contributed by atoms with van der Waals surface area (Å²) in [6.45, 7) is 4.65. The molecule has 2 nitrogen and oxygen atoms in total. The molecule has 1 aliphatic carbocycles. The quantitative estimate of drug-likeness (QED) is 0.676. The minimum Gasteiger partial charge on any atom is -0.512 e. The zero-order chi connectivity index (χ0) is 9.68. The number of ether oxygens (including phenoxy) is 1. The van der Waals surface area contributed by atoms with Crippen molar-refractivity contribution in [3.8, 4) is 0 Å². The van der Waals surface area contributed by atoms with E-state index in [9.17, 15) is 5.11 Å². The lowest BCUT2D eigenvalue weighted by molar-refractivity contribution is 0.252. The zero-order valence-corrected chi connectivity index (χ0v) is 8.21. The van der Waals surface area contributed by atoms with Crippen LogP contribution >= 0.6 is 0 Å². The van der Waals surface area contributed by atoms with E-state index in [2.05, 4.69) is 0 Å². The summed E-state index contributed by atoms with van der Waals surface area (Å²) in [4.78, 5) is 0. The maximum atomic E-state index is 9.21. The largest absolute Gasteiger partial charge is 0.512 e. The molecule has 0 saturated carbocycles. The number of rotatable bonds is 3. The first kappa shape index (κ1) is 9.90. The molecule has 0 aromatic heterocycles. The predicted octanol–water partition coefficient (Wildman–Crippen LogP) is 3.09. The highest BCUT2D eigenvalue weighted by molar-refractivity contribution is 5.19. The van der Waals surface area contributed by atoms with Crippen LogP contribution in [-0.2, 0) is 4.74 Å². The van der Waals surface area contributed by atoms with Crippen molar-refractivity contribution >= 4 is 0 Å². The van der Waals surface area contributed by atoms with Gasteiger partial charge in [-0.2, -0.15) is 0 Å². The third kappa shape index (κ3) is 3.83. The molecule has 0 spiro atoms. The highest BCUT2D eigenvalue weighted by atomic mass is 16.5. The van der Waals surface area contributed by atoms with Crippen LogP contribution in [0.5, 0.6) is 0 Å². The lowest BCUT2D eigenvalue weighted by Crippen LogP contribution is -1.96. The summed E-state index contributed by atoms with van der Waals surface area (Å²) < 4.78 is 5.41. The van der Waals surface area contributed by atoms with Gasteiger partial charge in [-0.1, -0.05) is 5.57 Å². The minimum absolute atomic E-state index is 0.412. The van der Waals surface area contributed by atoms with Gasteiger partial charge in [0.2, 0.25) is 0 Å². The molecule has 0 saturated heterocycles. The van der Waals surface area contributed by atoms with Crippen molar-refractivity contribution in [3.05, 3.63) is 35.3 Å². The molecule has 72 valence electrons. The van der Waals surface area contributed by atoms with Gasteiger partial charge in [0.15, 0.2) is 0 Å². The Morgan fingerprint density at radius 1 is 1.62 bits per heavy atom. The van der Waals surface area contributed by atoms with Crippen LogP contribution in [0.4, 0.5) is 0 Å². The van der Waals surface area contributed by atoms with Gasteiger partial charge in [-0.05, 0) is 32.4 Å². The number of aliphatic hydroxyl groups is 1. The molecule has 0 aromatic rings. The second-order valence-corrected chi connectivity index (χ2v) is 3.37. The summed E-state index contributed by atoms with van der Waals surface area (Å²) in [7, 11) is 0. The van der Waals surface area contributed by atoms with Crippen molar-refractivity contribution in [2.45, 2.75) is 26.7 Å². The van der Waals surface area contributed by atoms with Gasteiger partial charge in [-0.15, -0.1) is 0 Å². The van der Waals surface area contributed by atoms with Gasteiger partial charge in [0, 0.05) is 12.5 Å². The number of hydrogen-bond donors (Lipinski definition) is 1. The monoisotopic (exact) mass is 180 g/mol. The summed E-state index contributed by atoms with van der Waals surface area (Å²) in [6.07, 6.45) is 7.29. The number of aliphatic hydroxyl groups excluding tert-OH is 1. The molecule has 0 bridgehead atoms. The summed E-state index contributed by atoms with van der Waals surface area (Å²) in [6, 6.07) is 0. The first-order chi connectivity index (χ1) is 6.18. The standard InChI is InChI=1S/C11H16O2/c1-9(2)6-7-13-11-5-3-4-10(12)8-11/h5-6,8,12H,3-4,7H2,1-2H3. The zero-order valence-electron chi connectivity index (χ0n) is 8.21. The lowest BCUT2D eigenvalue weighted by Gasteiger charge is -2.10. The topological polar surface area (TPSA) is 29.5 Å². The van der Waals surface area contributed by atoms with E-state index >= 15 is 0 Å². The van der Waals surface area contributed by atoms with Crippen LogP contribution < -0.4 is 0 Å². The van der Waals surface area contributed by atoms with Crippen molar-refractivity contribution < 1.29 is 9.84 Å². The molecule has 0 unspecified atom stereocenters. The average Bonchev–Trinajstić information content (AvgIpc) is 2.03. The molecule has 13 heavy (non-hydrogen) atoms. The Labute approximate surface area is 79.2 Å². The van der Waals surface area contributed by atoms with Crippen LogP contribution in [0.2, 0.25) is 0 Å². The fourth-order valence-electron chi connectivity index (χ4n) is 1.06. The van der Waals surface area contributed by atoms with E-state index < -0.39 is 0 Å². The van der Waals surface area contributed by atoms with E-state index in [4.69, 9.17) is 4.74 Å². The maximum Gasteiger partial charge on any atom is 0.119 e. The van der Waals surface area contributed by atoms with E-state index in [0.717, 1.165) is 18.6 Å². The Hall–Kier alpha value is -1.18. The van der Waals surface area contributed by atoms with Crippen molar-refractivity contribution in [2.24, 2.45) is 0 Å². The molecule has 0 amide bonds. The summed E-state index contributed by atoms with van der Waals surface area (Å²) in [5.41, 5.74) is 1.24. The van der Waals surface area contributed by atoms with Gasteiger partial charge in [-0.25, -0.2) is 0 Å². The van der Waals surface area contributed by atoms with Gasteiger partial charge < -0.3 is 9.84 Å². The molecular formula is C11H16O2. The van der Waals surface area contributed by atoms with Crippen LogP contribution in [0.15, 0.2) is 35.3 Å². The molecule has 1 N–H and O–H groups in total. The van der Waals surface area contributed by atoms with Crippen LogP contribution in [0, 0.1) is 0 Å². The molecule has 0 aliphatic heterocycles. The molecule has 0 fully saturated rings. The summed E-state index contributed by atoms with van der Waals surface area (Å²) in [5, 5.41) is 9.21. The fraction of sp³-hybridized carbons (Fsp3) is 0.455. The summed E-state index contributed by atoms with van der Waals surface area (Å²) in [5.74, 6) is 1.19. The predicted molar refractivity (Wildman–Crippen MR) is 53.4 cm³/mol. The molecule has 0 atom stereocenters. The lowest BCUT2D eigenvalue weighted by atomic mass is 10.1. The molecule has 0 radical (unpaired) electrons. The normalized spacial score (nSPS) is 15.8. The Balaban J connectivity index is 2.38. The fourth-order valence-corrected chi connectivity index (χ4v) is 1.06. The SMILES string of the molecule is CC(C)=CCOC1=CCCC(O)=C1. The van der Waals surface area contributed by atoms with E-state index in [1.54, 1.807) is 6.08 Å². The highest BCUT2D eigenvalue weighted by Gasteiger charge is 2.03. The average molecular weight is 180 g/mol. The van der Waals surface area contributed by atoms with Crippen molar-refractivity contribution in [1.29, 1.82) is 0 Å². The molecule has 0 aromatic carbocycles. The number of hydrogen-bond acceptors (Lipinski definition) is 2. The minimum atomic E-state index is 0.412. The van der Waals surface area contributed by atoms with Crippen molar-refractivity contribution in [1.82, 2.24) is 0 Å². The van der Waals surface area contributed by atoms with Gasteiger partial charge in [-0.3, -0.25) is 0 Å². The van der Waals surface area contributed by atoms with E-state index in [0.29, 0.717) is 12.4 Å². The third-order valence-electron chi connectivity index (χ3n) is 1.80. The first-order valence-electron chi connectivity index (χ1n) is 4.54. The van der Waals surface area contributed by atoms with Crippen molar-refractivity contribution in [2.75, 3.05) is 6.61 Å². The Morgan fingerprint density at radius 2 is 2.38 bits per heavy atom. The highest BCUT2D eigenvalue weighted by Crippen LogP contribution is 2.15. The van der Waals surface area contributed by atoms with E-state index in [1.165, 1.54) is 5.57 Å². The smallest absolute Gasteiger partial charge is 0.119 e. The maximum absolute atomic E-state index is 9.21. The van der Waals surface area contributed by atoms with E-state index in [-0.39, 0.29) is 0 Å². The molecule has 1 rings (SSSR count). The molecular weight excluding hydrogens is 164 g/mol. The Morgan fingerprint density at radius 3 is 3.00 bits per heavy atom. The van der Waals surface area contributed by atoms with Crippen LogP contribution in [-0.4, -0.2) is 11.7 Å². The molecule has 2 heteroatoms. The van der Waals surface area contributed by atoms with Gasteiger partial charge in [0.1, 0.15) is 12.4 Å². The molecule has 1 aliphatic rings. The third-order valence-corrected chi connectivity index (χ3v) is 1.80. The second-order valence-electron chi connectivity index (χ2n) is 3.37. The second kappa shape index (κ2) is 4.75. The Bertz CT molecular complexity index is 255. The van der Waals surface area contributed by atoms with Crippen LogP contribution in [0.1, 0.15) is 26.7 Å². The number of allylic oxidation sites excluding steroid dienone is 4.